The third kappa shape index (κ3) is 2.75. The van der Waals surface area contributed by atoms with E-state index < -0.39 is 7.92 Å². The molecule has 0 unspecified atom stereocenters. The molecule has 0 aromatic heterocycles. The Kier molecular flexibility index (Phi) is 3.05. The van der Waals surface area contributed by atoms with Gasteiger partial charge in [0.1, 0.15) is 0 Å². The molecule has 0 aliphatic heterocycles. The lowest BCUT2D eigenvalue weighted by molar-refractivity contribution is 1.74. The van der Waals surface area contributed by atoms with Crippen molar-refractivity contribution in [2.45, 2.75) is 0 Å². The summed E-state index contributed by atoms with van der Waals surface area (Å²) < 4.78 is 16.5. The van der Waals surface area contributed by atoms with Gasteiger partial charge in [-0.1, -0.05) is 90.9 Å². The number of rotatable bonds is 3. The molecule has 19 heavy (non-hydrogen) atoms. The maximum absolute atomic E-state index is 8.23. The molecule has 0 aliphatic rings. The van der Waals surface area contributed by atoms with Gasteiger partial charge in [0.15, 0.2) is 0 Å². The molecule has 0 amide bonds. The van der Waals surface area contributed by atoms with Gasteiger partial charge in [0.2, 0.25) is 0 Å². The van der Waals surface area contributed by atoms with Gasteiger partial charge in [-0.25, -0.2) is 0 Å². The highest BCUT2D eigenvalue weighted by molar-refractivity contribution is 7.79. The summed E-state index contributed by atoms with van der Waals surface area (Å²) in [5.74, 6) is 0. The Hall–Kier alpha value is -1.91. The summed E-state index contributed by atoms with van der Waals surface area (Å²) in [6.45, 7) is 0. The SMILES string of the molecule is [2H]c1ccccc1P(c1ccccc1)c1ccccc1[2H]. The van der Waals surface area contributed by atoms with Crippen LogP contribution >= 0.6 is 7.92 Å². The Labute approximate surface area is 118 Å². The number of hydrogen-bond acceptors (Lipinski definition) is 0. The highest BCUT2D eigenvalue weighted by Crippen LogP contribution is 2.32. The van der Waals surface area contributed by atoms with Crippen molar-refractivity contribution >= 4 is 23.8 Å². The minimum Gasteiger partial charge on any atom is -0.0622 e. The van der Waals surface area contributed by atoms with E-state index in [1.54, 1.807) is 0 Å². The topological polar surface area (TPSA) is 0 Å². The lowest BCUT2D eigenvalue weighted by atomic mass is 10.4. The summed E-state index contributed by atoms with van der Waals surface area (Å²) in [7, 11) is -0.863. The molecule has 0 heterocycles. The maximum Gasteiger partial charge on any atom is 0.0630 e. The van der Waals surface area contributed by atoms with Crippen molar-refractivity contribution in [3.8, 4) is 0 Å². The summed E-state index contributed by atoms with van der Waals surface area (Å²) in [5.41, 5.74) is 0. The first kappa shape index (κ1) is 9.95. The van der Waals surface area contributed by atoms with Gasteiger partial charge in [-0.15, -0.1) is 0 Å². The highest BCUT2D eigenvalue weighted by Gasteiger charge is 2.14. The van der Waals surface area contributed by atoms with E-state index in [1.165, 1.54) is 5.30 Å². The van der Waals surface area contributed by atoms with E-state index in [2.05, 4.69) is 12.1 Å². The zero-order valence-electron chi connectivity index (χ0n) is 12.5. The predicted molar refractivity (Wildman–Crippen MR) is 85.1 cm³/mol. The van der Waals surface area contributed by atoms with Crippen LogP contribution in [0.2, 0.25) is 0 Å². The van der Waals surface area contributed by atoms with Crippen LogP contribution in [0.1, 0.15) is 2.74 Å². The second-order valence-electron chi connectivity index (χ2n) is 4.17. The van der Waals surface area contributed by atoms with Gasteiger partial charge >= 0.3 is 0 Å². The van der Waals surface area contributed by atoms with Crippen LogP contribution in [0.15, 0.2) is 90.9 Å². The van der Waals surface area contributed by atoms with E-state index in [9.17, 15) is 0 Å². The molecule has 3 aromatic carbocycles. The Morgan fingerprint density at radius 3 is 1.42 bits per heavy atom. The molecule has 0 fully saturated rings. The second kappa shape index (κ2) is 5.82. The minimum absolute atomic E-state index is 0.538. The van der Waals surface area contributed by atoms with Crippen molar-refractivity contribution in [3.05, 3.63) is 90.9 Å². The minimum atomic E-state index is -0.863. The highest BCUT2D eigenvalue weighted by atomic mass is 31.1. The van der Waals surface area contributed by atoms with Crippen LogP contribution < -0.4 is 15.9 Å². The van der Waals surface area contributed by atoms with Crippen molar-refractivity contribution in [1.29, 1.82) is 0 Å². The molecule has 0 atom stereocenters. The van der Waals surface area contributed by atoms with E-state index in [0.717, 1.165) is 10.6 Å². The van der Waals surface area contributed by atoms with Crippen molar-refractivity contribution in [2.24, 2.45) is 0 Å². The first-order valence-corrected chi connectivity index (χ1v) is 7.58. The zero-order chi connectivity index (χ0) is 14.7. The monoisotopic (exact) mass is 264 g/mol. The van der Waals surface area contributed by atoms with E-state index in [4.69, 9.17) is 2.74 Å². The fourth-order valence-corrected chi connectivity index (χ4v) is 4.19. The van der Waals surface area contributed by atoms with Gasteiger partial charge in [0, 0.05) is 0 Å². The first-order valence-electron chi connectivity index (χ1n) is 7.24. The van der Waals surface area contributed by atoms with Crippen molar-refractivity contribution in [1.82, 2.24) is 0 Å². The molecule has 0 aliphatic carbocycles. The number of hydrogen-bond donors (Lipinski definition) is 0. The van der Waals surface area contributed by atoms with Gasteiger partial charge in [-0.2, -0.15) is 0 Å². The average molecular weight is 264 g/mol. The zero-order valence-corrected chi connectivity index (χ0v) is 11.3. The first-order chi connectivity index (χ1) is 10.3. The van der Waals surface area contributed by atoms with E-state index >= 15 is 0 Å². The lowest BCUT2D eigenvalue weighted by Gasteiger charge is -2.18. The van der Waals surface area contributed by atoms with Gasteiger partial charge in [0.25, 0.3) is 0 Å². The Bertz CT molecular complexity index is 695. The van der Waals surface area contributed by atoms with Crippen LogP contribution in [0.5, 0.6) is 0 Å². The molecule has 0 nitrogen and oxygen atoms in total. The third-order valence-corrected chi connectivity index (χ3v) is 5.22. The van der Waals surface area contributed by atoms with Crippen molar-refractivity contribution in [3.63, 3.8) is 0 Å². The van der Waals surface area contributed by atoms with Gasteiger partial charge in [0.05, 0.1) is 2.74 Å². The van der Waals surface area contributed by atoms with Crippen LogP contribution in [0.4, 0.5) is 0 Å². The maximum atomic E-state index is 8.23. The van der Waals surface area contributed by atoms with Gasteiger partial charge in [-0.3, -0.25) is 0 Å². The van der Waals surface area contributed by atoms with Crippen LogP contribution in [0.25, 0.3) is 0 Å². The van der Waals surface area contributed by atoms with Gasteiger partial charge < -0.3 is 0 Å². The molecule has 0 radical (unpaired) electrons. The second-order valence-corrected chi connectivity index (χ2v) is 6.32. The molecule has 1 heteroatoms. The quantitative estimate of drug-likeness (QED) is 0.636. The Balaban J connectivity index is 2.22. The predicted octanol–water partition coefficient (Wildman–Crippen LogP) is 3.44. The average Bonchev–Trinajstić information content (AvgIpc) is 2.52. The smallest absolute Gasteiger partial charge is 0.0622 e. The lowest BCUT2D eigenvalue weighted by Crippen LogP contribution is -2.20. The van der Waals surface area contributed by atoms with Gasteiger partial charge in [-0.05, 0) is 23.8 Å². The van der Waals surface area contributed by atoms with E-state index in [-0.39, 0.29) is 0 Å². The largest absolute Gasteiger partial charge is 0.0630 e. The summed E-state index contributed by atoms with van der Waals surface area (Å²) in [4.78, 5) is 0. The molecule has 3 aromatic rings. The summed E-state index contributed by atoms with van der Waals surface area (Å²) in [6, 6.07) is 26.6. The number of benzene rings is 3. The Morgan fingerprint density at radius 1 is 0.526 bits per heavy atom. The molecule has 0 N–H and O–H groups in total. The normalized spacial score (nSPS) is 12.1. The third-order valence-electron chi connectivity index (χ3n) is 2.88. The molecule has 3 rings (SSSR count). The molecular formula is C18H15P. The molecule has 92 valence electrons. The van der Waals surface area contributed by atoms with Crippen LogP contribution in [0.3, 0.4) is 0 Å². The summed E-state index contributed by atoms with van der Waals surface area (Å²) in [6.07, 6.45) is 0. The fraction of sp³-hybridized carbons (Fsp3) is 0. The van der Waals surface area contributed by atoms with E-state index in [0.29, 0.717) is 12.1 Å². The summed E-state index contributed by atoms with van der Waals surface area (Å²) in [5, 5.41) is 3.17. The molecule has 0 saturated carbocycles. The van der Waals surface area contributed by atoms with Crippen LogP contribution in [-0.4, -0.2) is 0 Å². The molecule has 0 spiro atoms. The van der Waals surface area contributed by atoms with E-state index in [1.807, 2.05) is 66.7 Å². The van der Waals surface area contributed by atoms with Crippen LogP contribution in [-0.2, 0) is 0 Å². The van der Waals surface area contributed by atoms with Crippen molar-refractivity contribution < 1.29 is 2.74 Å². The van der Waals surface area contributed by atoms with Crippen LogP contribution in [0, 0.1) is 0 Å². The summed E-state index contributed by atoms with van der Waals surface area (Å²) >= 11 is 0. The molecule has 0 bridgehead atoms. The fourth-order valence-electron chi connectivity index (χ4n) is 2.03. The van der Waals surface area contributed by atoms with Crippen molar-refractivity contribution in [2.75, 3.05) is 0 Å². The molecule has 0 saturated heterocycles. The standard InChI is InChI=1S/C18H15P/c1-4-10-16(11-5-1)19(17-12-6-2-7-13-17)18-14-8-3-9-15-18/h1-15H/i10D,12D. The Morgan fingerprint density at radius 2 is 0.947 bits per heavy atom. The molecular weight excluding hydrogens is 247 g/mol.